The Bertz CT molecular complexity index is 2730. The molecule has 0 saturated heterocycles. The summed E-state index contributed by atoms with van der Waals surface area (Å²) in [4.78, 5) is 0. The minimum absolute atomic E-state index is 0.0128. The van der Waals surface area contributed by atoms with Crippen LogP contribution in [-0.2, 0) is 10.8 Å². The second-order valence-electron chi connectivity index (χ2n) is 15.4. The van der Waals surface area contributed by atoms with E-state index in [1.54, 1.807) is 12.1 Å². The monoisotopic (exact) mass is 646 g/mol. The number of nitriles is 2. The van der Waals surface area contributed by atoms with Crippen LogP contribution in [-0.4, -0.2) is 9.13 Å². The third-order valence-electron chi connectivity index (χ3n) is 10.1. The van der Waals surface area contributed by atoms with Crippen LogP contribution in [0.2, 0.25) is 0 Å². The average molecular weight is 647 g/mol. The van der Waals surface area contributed by atoms with Crippen molar-refractivity contribution in [3.8, 4) is 34.6 Å². The minimum Gasteiger partial charge on any atom is -0.309 e. The van der Waals surface area contributed by atoms with E-state index in [0.29, 0.717) is 11.1 Å². The van der Waals surface area contributed by atoms with Gasteiger partial charge in [0.2, 0.25) is 0 Å². The molecule has 8 aromatic rings. The van der Waals surface area contributed by atoms with Crippen LogP contribution in [0.4, 0.5) is 0 Å². The van der Waals surface area contributed by atoms with Crippen molar-refractivity contribution < 1.29 is 0 Å². The number of para-hydroxylation sites is 1. The van der Waals surface area contributed by atoms with Crippen LogP contribution in [0.5, 0.6) is 0 Å². The number of fused-ring (bicyclic) bond motifs is 6. The van der Waals surface area contributed by atoms with Gasteiger partial charge in [0.1, 0.15) is 6.07 Å². The van der Waals surface area contributed by atoms with E-state index < -0.39 is 0 Å². The molecule has 2 aromatic heterocycles. The van der Waals surface area contributed by atoms with Crippen LogP contribution in [0.15, 0.2) is 121 Å². The Kier molecular flexibility index (Phi) is 7.00. The third kappa shape index (κ3) is 4.88. The zero-order chi connectivity index (χ0) is 34.9. The molecule has 50 heavy (non-hydrogen) atoms. The fourth-order valence-corrected chi connectivity index (χ4v) is 7.44. The molecule has 0 N–H and O–H groups in total. The van der Waals surface area contributed by atoms with Crippen molar-refractivity contribution in [1.29, 1.82) is 10.5 Å². The van der Waals surface area contributed by atoms with Gasteiger partial charge in [0.25, 0.3) is 0 Å². The van der Waals surface area contributed by atoms with Crippen molar-refractivity contribution in [1.82, 2.24) is 9.13 Å². The van der Waals surface area contributed by atoms with Gasteiger partial charge in [-0.3, -0.25) is 0 Å². The number of aromatic nitrogens is 2. The van der Waals surface area contributed by atoms with Crippen LogP contribution in [0.1, 0.15) is 63.8 Å². The lowest BCUT2D eigenvalue weighted by Gasteiger charge is -2.19. The lowest BCUT2D eigenvalue weighted by molar-refractivity contribution is 0.591. The molecule has 4 heteroatoms. The summed E-state index contributed by atoms with van der Waals surface area (Å²) in [5.41, 5.74) is 12.0. The molecule has 0 atom stereocenters. The Hall–Kier alpha value is -6.10. The van der Waals surface area contributed by atoms with E-state index in [2.05, 4.69) is 166 Å². The number of hydrogen-bond donors (Lipinski definition) is 0. The summed E-state index contributed by atoms with van der Waals surface area (Å²) in [6.07, 6.45) is 0. The van der Waals surface area contributed by atoms with Crippen LogP contribution in [0, 0.1) is 22.7 Å². The summed E-state index contributed by atoms with van der Waals surface area (Å²) in [5.74, 6) is 0. The molecule has 0 saturated carbocycles. The van der Waals surface area contributed by atoms with Crippen molar-refractivity contribution in [3.63, 3.8) is 0 Å². The molecule has 242 valence electrons. The summed E-state index contributed by atoms with van der Waals surface area (Å²) in [6, 6.07) is 47.5. The highest BCUT2D eigenvalue weighted by Crippen LogP contribution is 2.43. The molecule has 0 aliphatic heterocycles. The smallest absolute Gasteiger partial charge is 0.101 e. The molecule has 0 fully saturated rings. The van der Waals surface area contributed by atoms with Crippen molar-refractivity contribution in [2.75, 3.05) is 0 Å². The van der Waals surface area contributed by atoms with Gasteiger partial charge in [0.05, 0.1) is 45.0 Å². The molecule has 0 unspecified atom stereocenters. The SMILES string of the molecule is CC(C)(C)c1ccc2c(c1)c1cc(-c3cccc4c3c3cc(C(C)(C)C)ccc3n4-c3ccc(C#N)cc3C#N)ccc1n2-c1ccccc1. The van der Waals surface area contributed by atoms with Gasteiger partial charge in [-0.15, -0.1) is 0 Å². The lowest BCUT2D eigenvalue weighted by Crippen LogP contribution is -2.10. The predicted octanol–water partition coefficient (Wildman–Crippen LogP) is 11.9. The topological polar surface area (TPSA) is 57.4 Å². The fraction of sp³-hybridized carbons (Fsp3) is 0.174. The summed E-state index contributed by atoms with van der Waals surface area (Å²) < 4.78 is 4.56. The molecule has 0 radical (unpaired) electrons. The number of hydrogen-bond acceptors (Lipinski definition) is 2. The highest BCUT2D eigenvalue weighted by Gasteiger charge is 2.23. The van der Waals surface area contributed by atoms with E-state index in [0.717, 1.165) is 44.3 Å². The highest BCUT2D eigenvalue weighted by molar-refractivity contribution is 6.17. The van der Waals surface area contributed by atoms with Crippen LogP contribution < -0.4 is 0 Å². The van der Waals surface area contributed by atoms with Crippen LogP contribution in [0.3, 0.4) is 0 Å². The Morgan fingerprint density at radius 2 is 1.12 bits per heavy atom. The second kappa shape index (κ2) is 11.2. The van der Waals surface area contributed by atoms with Crippen molar-refractivity contribution in [2.24, 2.45) is 0 Å². The second-order valence-corrected chi connectivity index (χ2v) is 15.4. The summed E-state index contributed by atoms with van der Waals surface area (Å²) in [7, 11) is 0. The van der Waals surface area contributed by atoms with Gasteiger partial charge in [0, 0.05) is 27.2 Å². The summed E-state index contributed by atoms with van der Waals surface area (Å²) >= 11 is 0. The molecule has 0 aliphatic rings. The van der Waals surface area contributed by atoms with E-state index in [4.69, 9.17) is 0 Å². The normalized spacial score (nSPS) is 12.2. The summed E-state index contributed by atoms with van der Waals surface area (Å²) in [6.45, 7) is 13.5. The maximum absolute atomic E-state index is 10.2. The predicted molar refractivity (Wildman–Crippen MR) is 207 cm³/mol. The van der Waals surface area contributed by atoms with E-state index >= 15 is 0 Å². The van der Waals surface area contributed by atoms with Gasteiger partial charge in [0.15, 0.2) is 0 Å². The lowest BCUT2D eigenvalue weighted by atomic mass is 9.86. The quantitative estimate of drug-likeness (QED) is 0.192. The van der Waals surface area contributed by atoms with E-state index in [9.17, 15) is 10.5 Å². The number of benzene rings is 6. The average Bonchev–Trinajstić information content (AvgIpc) is 3.62. The van der Waals surface area contributed by atoms with Crippen molar-refractivity contribution in [3.05, 3.63) is 144 Å². The Morgan fingerprint density at radius 3 is 1.76 bits per heavy atom. The Morgan fingerprint density at radius 1 is 0.500 bits per heavy atom. The number of rotatable bonds is 3. The van der Waals surface area contributed by atoms with Gasteiger partial charge in [-0.25, -0.2) is 0 Å². The highest BCUT2D eigenvalue weighted by atomic mass is 15.0. The molecular formula is C46H38N4. The molecule has 4 nitrogen and oxygen atoms in total. The molecule has 6 aromatic carbocycles. The fourth-order valence-electron chi connectivity index (χ4n) is 7.44. The standard InChI is InChI=1S/C46H38N4/c1-45(2,3)32-17-21-41-37(25-32)36-24-30(16-20-40(36)49(41)34-11-8-7-9-12-34)35-13-10-14-43-44(35)38-26-33(46(4,5)6)18-22-42(38)50(43)39-19-15-29(27-47)23-31(39)28-48/h7-26H,1-6H3. The minimum atomic E-state index is -0.0489. The molecule has 0 bridgehead atoms. The van der Waals surface area contributed by atoms with E-state index in [1.165, 1.54) is 32.9 Å². The maximum Gasteiger partial charge on any atom is 0.101 e. The van der Waals surface area contributed by atoms with E-state index in [1.807, 2.05) is 6.07 Å². The van der Waals surface area contributed by atoms with Gasteiger partial charge < -0.3 is 9.13 Å². The largest absolute Gasteiger partial charge is 0.309 e. The van der Waals surface area contributed by atoms with Gasteiger partial charge in [-0.2, -0.15) is 10.5 Å². The van der Waals surface area contributed by atoms with Gasteiger partial charge in [-0.1, -0.05) is 90.1 Å². The number of nitrogens with zero attached hydrogens (tertiary/aromatic N) is 4. The maximum atomic E-state index is 10.2. The molecular weight excluding hydrogens is 609 g/mol. The van der Waals surface area contributed by atoms with Crippen LogP contribution in [0.25, 0.3) is 66.1 Å². The van der Waals surface area contributed by atoms with Crippen LogP contribution >= 0.6 is 0 Å². The Balaban J connectivity index is 1.47. The first-order valence-electron chi connectivity index (χ1n) is 17.1. The third-order valence-corrected chi connectivity index (χ3v) is 10.1. The first-order valence-corrected chi connectivity index (χ1v) is 17.1. The molecule has 8 rings (SSSR count). The van der Waals surface area contributed by atoms with Crippen molar-refractivity contribution >= 4 is 43.6 Å². The molecule has 0 amide bonds. The first kappa shape index (κ1) is 31.2. The van der Waals surface area contributed by atoms with Gasteiger partial charge in [-0.05, 0) is 106 Å². The zero-order valence-corrected chi connectivity index (χ0v) is 29.3. The van der Waals surface area contributed by atoms with E-state index in [-0.39, 0.29) is 10.8 Å². The zero-order valence-electron chi connectivity index (χ0n) is 29.3. The summed E-state index contributed by atoms with van der Waals surface area (Å²) in [5, 5.41) is 24.5. The molecule has 0 aliphatic carbocycles. The molecule has 0 spiro atoms. The first-order chi connectivity index (χ1) is 24.0. The van der Waals surface area contributed by atoms with Crippen molar-refractivity contribution in [2.45, 2.75) is 52.4 Å². The Labute approximate surface area is 293 Å². The molecule has 2 heterocycles. The van der Waals surface area contributed by atoms with Gasteiger partial charge >= 0.3 is 0 Å².